The molecule has 0 spiro atoms. The quantitative estimate of drug-likeness (QED) is 0.358. The van der Waals surface area contributed by atoms with Gasteiger partial charge >= 0.3 is 5.97 Å². The molecule has 1 aromatic rings. The Bertz CT molecular complexity index is 503. The number of carbonyl (C=O) groups excluding carboxylic acids is 1. The van der Waals surface area contributed by atoms with Crippen molar-refractivity contribution < 1.29 is 9.53 Å². The highest BCUT2D eigenvalue weighted by Gasteiger charge is 2.19. The minimum Gasteiger partial charge on any atom is -0.465 e. The average molecular weight is 274 g/mol. The summed E-state index contributed by atoms with van der Waals surface area (Å²) in [6, 6.07) is 9.59. The molecule has 0 saturated carbocycles. The van der Waals surface area contributed by atoms with Crippen molar-refractivity contribution in [2.45, 2.75) is 33.0 Å². The van der Waals surface area contributed by atoms with E-state index in [4.69, 9.17) is 4.74 Å². The summed E-state index contributed by atoms with van der Waals surface area (Å²) in [4.78, 5) is 12.0. The van der Waals surface area contributed by atoms with E-state index in [0.717, 1.165) is 12.0 Å². The lowest BCUT2D eigenvalue weighted by Crippen LogP contribution is -2.23. The Morgan fingerprint density at radius 1 is 1.21 bits per heavy atom. The van der Waals surface area contributed by atoms with Gasteiger partial charge in [0, 0.05) is 0 Å². The number of benzene rings is 1. The molecule has 1 rings (SSSR count). The zero-order chi connectivity index (χ0) is 14.5. The molecule has 0 atom stereocenters. The normalized spacial score (nSPS) is 10.6. The molecule has 0 aliphatic heterocycles. The number of hydrogen-bond donors (Lipinski definition) is 0. The summed E-state index contributed by atoms with van der Waals surface area (Å²) in [6.07, 6.45) is 0.920. The topological polar surface area (TPSA) is 26.3 Å². The number of methoxy groups -OCH3 is 1. The Balaban J connectivity index is 3.49. The van der Waals surface area contributed by atoms with Crippen LogP contribution < -0.4 is 0 Å². The van der Waals surface area contributed by atoms with Crippen LogP contribution in [0.15, 0.2) is 41.3 Å². The first-order chi connectivity index (χ1) is 8.90. The van der Waals surface area contributed by atoms with Gasteiger partial charge in [-0.1, -0.05) is 56.9 Å². The maximum Gasteiger partial charge on any atom is 0.346 e. The van der Waals surface area contributed by atoms with Crippen LogP contribution in [0.1, 0.15) is 18.9 Å². The molecule has 0 fully saturated rings. The minimum atomic E-state index is -1.46. The number of hydrogen-bond acceptors (Lipinski definition) is 2. The molecule has 0 aromatic heterocycles. The molecule has 3 heteroatoms. The fourth-order valence-electron chi connectivity index (χ4n) is 1.91. The molecule has 0 unspecified atom stereocenters. The lowest BCUT2D eigenvalue weighted by atomic mass is 10.1. The Labute approximate surface area is 116 Å². The molecule has 1 aromatic carbocycles. The van der Waals surface area contributed by atoms with E-state index >= 15 is 0 Å². The van der Waals surface area contributed by atoms with Gasteiger partial charge in [0.25, 0.3) is 0 Å². The van der Waals surface area contributed by atoms with E-state index in [2.05, 4.69) is 32.3 Å². The SMILES string of the molecule is CCC(=C=C(C(=O)OC)c1ccccc1)[Si](C)(C)C. The number of rotatable bonds is 4. The van der Waals surface area contributed by atoms with E-state index < -0.39 is 8.07 Å². The van der Waals surface area contributed by atoms with Gasteiger partial charge in [0.1, 0.15) is 5.57 Å². The highest BCUT2D eigenvalue weighted by molar-refractivity contribution is 6.83. The van der Waals surface area contributed by atoms with Crippen LogP contribution in [0, 0.1) is 0 Å². The first-order valence-electron chi connectivity index (χ1n) is 6.54. The van der Waals surface area contributed by atoms with Crippen molar-refractivity contribution in [2.24, 2.45) is 0 Å². The summed E-state index contributed by atoms with van der Waals surface area (Å²) >= 11 is 0. The van der Waals surface area contributed by atoms with Gasteiger partial charge in [-0.2, -0.15) is 0 Å². The summed E-state index contributed by atoms with van der Waals surface area (Å²) in [5.74, 6) is -0.324. The van der Waals surface area contributed by atoms with Crippen molar-refractivity contribution in [1.29, 1.82) is 0 Å². The van der Waals surface area contributed by atoms with Crippen LogP contribution in [0.25, 0.3) is 5.57 Å². The third-order valence-corrected chi connectivity index (χ3v) is 5.28. The summed E-state index contributed by atoms with van der Waals surface area (Å²) in [7, 11) is -0.0542. The van der Waals surface area contributed by atoms with Gasteiger partial charge in [-0.25, -0.2) is 4.79 Å². The highest BCUT2D eigenvalue weighted by atomic mass is 28.3. The van der Waals surface area contributed by atoms with Crippen molar-refractivity contribution in [3.8, 4) is 0 Å². The zero-order valence-electron chi connectivity index (χ0n) is 12.4. The zero-order valence-corrected chi connectivity index (χ0v) is 13.4. The summed E-state index contributed by atoms with van der Waals surface area (Å²) in [5, 5.41) is 1.25. The number of esters is 1. The van der Waals surface area contributed by atoms with Gasteiger partial charge in [0.2, 0.25) is 0 Å². The lowest BCUT2D eigenvalue weighted by Gasteiger charge is -2.17. The minimum absolute atomic E-state index is 0.324. The second-order valence-electron chi connectivity index (χ2n) is 5.44. The number of carbonyl (C=O) groups is 1. The Morgan fingerprint density at radius 3 is 2.21 bits per heavy atom. The molecule has 0 aliphatic rings. The molecule has 19 heavy (non-hydrogen) atoms. The van der Waals surface area contributed by atoms with Crippen LogP contribution in [0.5, 0.6) is 0 Å². The van der Waals surface area contributed by atoms with Gasteiger partial charge in [-0.15, -0.1) is 5.73 Å². The molecule has 0 bridgehead atoms. The van der Waals surface area contributed by atoms with Crippen molar-refractivity contribution in [3.05, 3.63) is 46.8 Å². The molecule has 2 nitrogen and oxygen atoms in total. The summed E-state index contributed by atoms with van der Waals surface area (Å²) in [6.45, 7) is 8.90. The van der Waals surface area contributed by atoms with E-state index in [9.17, 15) is 4.79 Å². The maximum absolute atomic E-state index is 12.0. The van der Waals surface area contributed by atoms with Crippen molar-refractivity contribution in [1.82, 2.24) is 0 Å². The van der Waals surface area contributed by atoms with Crippen LogP contribution in [-0.2, 0) is 9.53 Å². The Hall–Kier alpha value is -1.57. The van der Waals surface area contributed by atoms with E-state index in [1.165, 1.54) is 12.3 Å². The highest BCUT2D eigenvalue weighted by Crippen LogP contribution is 2.21. The van der Waals surface area contributed by atoms with Gasteiger partial charge in [0.15, 0.2) is 0 Å². The van der Waals surface area contributed by atoms with Crippen molar-refractivity contribution >= 4 is 19.6 Å². The molecular weight excluding hydrogens is 252 g/mol. The average Bonchev–Trinajstić information content (AvgIpc) is 2.38. The van der Waals surface area contributed by atoms with E-state index in [1.54, 1.807) is 0 Å². The monoisotopic (exact) mass is 274 g/mol. The summed E-state index contributed by atoms with van der Waals surface area (Å²) in [5.41, 5.74) is 4.72. The first-order valence-corrected chi connectivity index (χ1v) is 10.0. The van der Waals surface area contributed by atoms with Crippen LogP contribution in [0.4, 0.5) is 0 Å². The predicted octanol–water partition coefficient (Wildman–Crippen LogP) is 4.06. The molecule has 0 N–H and O–H groups in total. The molecule has 0 radical (unpaired) electrons. The van der Waals surface area contributed by atoms with Crippen LogP contribution in [0.2, 0.25) is 19.6 Å². The van der Waals surface area contributed by atoms with Gasteiger partial charge < -0.3 is 4.74 Å². The molecular formula is C16H22O2Si. The smallest absolute Gasteiger partial charge is 0.346 e. The summed E-state index contributed by atoms with van der Waals surface area (Å²) < 4.78 is 4.89. The van der Waals surface area contributed by atoms with Crippen LogP contribution in [-0.4, -0.2) is 21.2 Å². The standard InChI is InChI=1S/C16H22O2Si/c1-6-14(19(3,4)5)12-15(16(17)18-2)13-10-8-7-9-11-13/h7-11H,6H2,1-5H3. The van der Waals surface area contributed by atoms with Crippen molar-refractivity contribution in [2.75, 3.05) is 7.11 Å². The predicted molar refractivity (Wildman–Crippen MR) is 82.5 cm³/mol. The number of ether oxygens (including phenoxy) is 1. The Kier molecular flexibility index (Phi) is 5.34. The lowest BCUT2D eigenvalue weighted by molar-refractivity contribution is -0.133. The maximum atomic E-state index is 12.0. The second-order valence-corrected chi connectivity index (χ2v) is 10.5. The third kappa shape index (κ3) is 4.23. The van der Waals surface area contributed by atoms with E-state index in [-0.39, 0.29) is 5.97 Å². The van der Waals surface area contributed by atoms with Gasteiger partial charge in [0.05, 0.1) is 15.2 Å². The molecule has 102 valence electrons. The van der Waals surface area contributed by atoms with Crippen LogP contribution in [0.3, 0.4) is 0 Å². The largest absolute Gasteiger partial charge is 0.465 e. The molecule has 0 saturated heterocycles. The fourth-order valence-corrected chi connectivity index (χ4v) is 3.47. The third-order valence-electron chi connectivity index (χ3n) is 2.99. The molecule has 0 heterocycles. The first kappa shape index (κ1) is 15.5. The second kappa shape index (κ2) is 6.55. The van der Waals surface area contributed by atoms with Crippen LogP contribution >= 0.6 is 0 Å². The molecule has 0 amide bonds. The Morgan fingerprint density at radius 2 is 1.79 bits per heavy atom. The van der Waals surface area contributed by atoms with E-state index in [1.807, 2.05) is 30.3 Å². The molecule has 0 aliphatic carbocycles. The van der Waals surface area contributed by atoms with Gasteiger partial charge in [-0.05, 0) is 17.2 Å². The van der Waals surface area contributed by atoms with Gasteiger partial charge in [-0.3, -0.25) is 0 Å². The van der Waals surface area contributed by atoms with E-state index in [0.29, 0.717) is 5.57 Å². The fraction of sp³-hybridized carbons (Fsp3) is 0.375. The van der Waals surface area contributed by atoms with Crippen molar-refractivity contribution in [3.63, 3.8) is 0 Å².